The number of aromatic nitrogens is 2. The number of hydrogen-bond donors (Lipinski definition) is 3. The molecule has 3 rings (SSSR count). The van der Waals surface area contributed by atoms with E-state index in [4.69, 9.17) is 4.74 Å². The van der Waals surface area contributed by atoms with E-state index in [2.05, 4.69) is 36.8 Å². The van der Waals surface area contributed by atoms with Gasteiger partial charge in [0, 0.05) is 17.2 Å². The standard InChI is InChI=1S/C30H38FN3O4S/c1-5-13-38-30-33-26(6-2)27(16-32-28(35)21(18-39)14-19(3)4)34(30)17-20-11-12-23(25(31)15-20)22-9-7-8-10-24(22)29(36)37/h7-12,15,19,21,39H,5-6,13-14,16-18H2,1-4H3,(H,32,35)(H,36,37). The number of aryl methyl sites for hydroxylation is 1. The first-order valence-electron chi connectivity index (χ1n) is 13.4. The van der Waals surface area contributed by atoms with Crippen molar-refractivity contribution >= 4 is 24.5 Å². The van der Waals surface area contributed by atoms with Crippen molar-refractivity contribution in [2.45, 2.75) is 60.0 Å². The SMILES string of the molecule is CCCOc1nc(CC)c(CNC(=O)C(CS)CC(C)C)n1Cc1ccc(-c2ccccc2C(=O)O)c(F)c1. The van der Waals surface area contributed by atoms with Gasteiger partial charge in [0.15, 0.2) is 0 Å². The van der Waals surface area contributed by atoms with E-state index >= 15 is 4.39 Å². The maximum Gasteiger partial charge on any atom is 0.336 e. The van der Waals surface area contributed by atoms with Crippen molar-refractivity contribution in [2.75, 3.05) is 12.4 Å². The number of rotatable bonds is 14. The van der Waals surface area contributed by atoms with Gasteiger partial charge in [-0.25, -0.2) is 9.18 Å². The van der Waals surface area contributed by atoms with Crippen molar-refractivity contribution in [3.05, 3.63) is 70.8 Å². The van der Waals surface area contributed by atoms with Crippen LogP contribution in [0.25, 0.3) is 11.1 Å². The van der Waals surface area contributed by atoms with Crippen LogP contribution in [0, 0.1) is 17.7 Å². The van der Waals surface area contributed by atoms with E-state index in [1.807, 2.05) is 18.4 Å². The summed E-state index contributed by atoms with van der Waals surface area (Å²) in [7, 11) is 0. The van der Waals surface area contributed by atoms with Gasteiger partial charge in [0.2, 0.25) is 5.91 Å². The highest BCUT2D eigenvalue weighted by atomic mass is 32.1. The van der Waals surface area contributed by atoms with Gasteiger partial charge in [0.1, 0.15) is 5.82 Å². The predicted molar refractivity (Wildman–Crippen MR) is 154 cm³/mol. The van der Waals surface area contributed by atoms with Gasteiger partial charge in [-0.3, -0.25) is 9.36 Å². The van der Waals surface area contributed by atoms with Crippen LogP contribution in [0.4, 0.5) is 4.39 Å². The van der Waals surface area contributed by atoms with Crippen molar-refractivity contribution < 1.29 is 23.8 Å². The second-order valence-corrected chi connectivity index (χ2v) is 10.3. The van der Waals surface area contributed by atoms with Crippen LogP contribution in [0.5, 0.6) is 6.01 Å². The molecule has 0 spiro atoms. The van der Waals surface area contributed by atoms with Gasteiger partial charge in [0.05, 0.1) is 36.6 Å². The van der Waals surface area contributed by atoms with Gasteiger partial charge >= 0.3 is 5.97 Å². The minimum absolute atomic E-state index is 0.0385. The Morgan fingerprint density at radius 2 is 1.90 bits per heavy atom. The molecule has 3 aromatic rings. The number of imidazole rings is 1. The number of carbonyl (C=O) groups is 2. The monoisotopic (exact) mass is 555 g/mol. The summed E-state index contributed by atoms with van der Waals surface area (Å²) in [5.41, 5.74) is 2.85. The summed E-state index contributed by atoms with van der Waals surface area (Å²) in [4.78, 5) is 29.2. The molecule has 2 N–H and O–H groups in total. The van der Waals surface area contributed by atoms with Crippen molar-refractivity contribution in [2.24, 2.45) is 11.8 Å². The Morgan fingerprint density at radius 3 is 2.51 bits per heavy atom. The molecule has 0 saturated heterocycles. The number of halogens is 1. The van der Waals surface area contributed by atoms with Crippen LogP contribution >= 0.6 is 12.6 Å². The lowest BCUT2D eigenvalue weighted by molar-refractivity contribution is -0.125. The Hall–Kier alpha value is -3.33. The number of hydrogen-bond acceptors (Lipinski definition) is 5. The molecule has 210 valence electrons. The maximum atomic E-state index is 15.3. The number of carboxylic acids is 1. The number of nitrogens with one attached hydrogen (secondary N) is 1. The van der Waals surface area contributed by atoms with Crippen LogP contribution in [0.3, 0.4) is 0 Å². The van der Waals surface area contributed by atoms with Crippen molar-refractivity contribution in [3.63, 3.8) is 0 Å². The van der Waals surface area contributed by atoms with E-state index in [-0.39, 0.29) is 36.0 Å². The van der Waals surface area contributed by atoms with Crippen molar-refractivity contribution in [1.29, 1.82) is 0 Å². The molecule has 1 atom stereocenters. The molecule has 2 aromatic carbocycles. The summed E-state index contributed by atoms with van der Waals surface area (Å²) >= 11 is 4.37. The number of benzene rings is 2. The second-order valence-electron chi connectivity index (χ2n) is 9.97. The predicted octanol–water partition coefficient (Wildman–Crippen LogP) is 6.00. The van der Waals surface area contributed by atoms with E-state index in [1.54, 1.807) is 30.3 Å². The highest BCUT2D eigenvalue weighted by molar-refractivity contribution is 7.80. The van der Waals surface area contributed by atoms with E-state index in [1.165, 1.54) is 12.1 Å². The molecule has 0 aliphatic heterocycles. The van der Waals surface area contributed by atoms with E-state index in [9.17, 15) is 14.7 Å². The summed E-state index contributed by atoms with van der Waals surface area (Å²) in [5.74, 6) is -1.05. The lowest BCUT2D eigenvalue weighted by atomic mass is 9.98. The highest BCUT2D eigenvalue weighted by Crippen LogP contribution is 2.29. The normalized spacial score (nSPS) is 12.0. The first kappa shape index (κ1) is 30.2. The van der Waals surface area contributed by atoms with Crippen LogP contribution in [0.2, 0.25) is 0 Å². The van der Waals surface area contributed by atoms with Crippen molar-refractivity contribution in [3.8, 4) is 17.1 Å². The lowest BCUT2D eigenvalue weighted by Gasteiger charge is -2.18. The van der Waals surface area contributed by atoms with Crippen LogP contribution in [0.15, 0.2) is 42.5 Å². The Morgan fingerprint density at radius 1 is 1.15 bits per heavy atom. The topological polar surface area (TPSA) is 93.5 Å². The van der Waals surface area contributed by atoms with Gasteiger partial charge in [-0.2, -0.15) is 17.6 Å². The fourth-order valence-corrected chi connectivity index (χ4v) is 4.88. The molecule has 39 heavy (non-hydrogen) atoms. The van der Waals surface area contributed by atoms with Crippen LogP contribution in [-0.4, -0.2) is 38.9 Å². The molecule has 0 aliphatic rings. The molecule has 1 heterocycles. The summed E-state index contributed by atoms with van der Waals surface area (Å²) in [6.07, 6.45) is 2.18. The van der Waals surface area contributed by atoms with E-state index < -0.39 is 11.8 Å². The zero-order chi connectivity index (χ0) is 28.5. The first-order valence-corrected chi connectivity index (χ1v) is 14.0. The average molecular weight is 556 g/mol. The largest absolute Gasteiger partial charge is 0.478 e. The molecule has 1 amide bonds. The summed E-state index contributed by atoms with van der Waals surface area (Å²) in [5, 5.41) is 12.6. The van der Waals surface area contributed by atoms with Gasteiger partial charge in [-0.15, -0.1) is 0 Å². The lowest BCUT2D eigenvalue weighted by Crippen LogP contribution is -2.33. The third-order valence-electron chi connectivity index (χ3n) is 6.49. The maximum absolute atomic E-state index is 15.3. The van der Waals surface area contributed by atoms with Crippen LogP contribution < -0.4 is 10.1 Å². The quantitative estimate of drug-likeness (QED) is 0.212. The Bertz CT molecular complexity index is 1290. The van der Waals surface area contributed by atoms with Crippen LogP contribution in [-0.2, 0) is 24.3 Å². The smallest absolute Gasteiger partial charge is 0.336 e. The summed E-state index contributed by atoms with van der Waals surface area (Å²) in [6, 6.07) is 11.6. The molecule has 9 heteroatoms. The first-order chi connectivity index (χ1) is 18.7. The van der Waals surface area contributed by atoms with Gasteiger partial charge in [-0.1, -0.05) is 58.0 Å². The number of carboxylic acid groups (broad SMARTS) is 1. The number of aromatic carboxylic acids is 1. The fraction of sp³-hybridized carbons (Fsp3) is 0.433. The molecule has 1 unspecified atom stereocenters. The number of ether oxygens (including phenoxy) is 1. The molecule has 0 radical (unpaired) electrons. The van der Waals surface area contributed by atoms with Gasteiger partial charge in [-0.05, 0) is 48.4 Å². The summed E-state index contributed by atoms with van der Waals surface area (Å²) in [6.45, 7) is 9.17. The van der Waals surface area contributed by atoms with E-state index in [0.717, 1.165) is 24.2 Å². The Labute approximate surface area is 235 Å². The molecule has 0 saturated carbocycles. The van der Waals surface area contributed by atoms with E-state index in [0.29, 0.717) is 41.8 Å². The number of thiol groups is 1. The zero-order valence-electron chi connectivity index (χ0n) is 23.0. The molecule has 1 aromatic heterocycles. The van der Waals surface area contributed by atoms with Crippen LogP contribution in [0.1, 0.15) is 67.8 Å². The fourth-order valence-electron chi connectivity index (χ4n) is 4.57. The highest BCUT2D eigenvalue weighted by Gasteiger charge is 2.22. The van der Waals surface area contributed by atoms with Gasteiger partial charge < -0.3 is 15.2 Å². The summed E-state index contributed by atoms with van der Waals surface area (Å²) < 4.78 is 23.2. The Balaban J connectivity index is 1.93. The number of carbonyl (C=O) groups excluding carboxylic acids is 1. The third-order valence-corrected chi connectivity index (χ3v) is 6.93. The molecule has 0 fully saturated rings. The zero-order valence-corrected chi connectivity index (χ0v) is 23.9. The average Bonchev–Trinajstić information content (AvgIpc) is 3.24. The van der Waals surface area contributed by atoms with Gasteiger partial charge in [0.25, 0.3) is 6.01 Å². The minimum atomic E-state index is -1.11. The molecular formula is C30H38FN3O4S. The third kappa shape index (κ3) is 7.62. The second kappa shape index (κ2) is 14.2. The Kier molecular flexibility index (Phi) is 11.0. The molecular weight excluding hydrogens is 517 g/mol. The molecule has 0 bridgehead atoms. The number of amides is 1. The minimum Gasteiger partial charge on any atom is -0.478 e. The molecule has 0 aliphatic carbocycles. The van der Waals surface area contributed by atoms with Crippen molar-refractivity contribution in [1.82, 2.24) is 14.9 Å². The number of nitrogens with zero attached hydrogens (tertiary/aromatic N) is 2. The molecule has 7 nitrogen and oxygen atoms in total.